The average molecular weight is 424 g/mol. The Bertz CT molecular complexity index is 903. The first kappa shape index (κ1) is 17.9. The SMILES string of the molecule is CC1CCc2c(sc(NC(=O)Cn3cc(Br)ccc3=O)c2C(N)=O)C1. The highest BCUT2D eigenvalue weighted by molar-refractivity contribution is 9.10. The Balaban J connectivity index is 1.85. The van der Waals surface area contributed by atoms with Gasteiger partial charge in [0.2, 0.25) is 5.91 Å². The zero-order valence-electron chi connectivity index (χ0n) is 13.7. The van der Waals surface area contributed by atoms with Gasteiger partial charge in [-0.1, -0.05) is 6.92 Å². The summed E-state index contributed by atoms with van der Waals surface area (Å²) >= 11 is 4.69. The van der Waals surface area contributed by atoms with Gasteiger partial charge in [0.1, 0.15) is 11.5 Å². The fourth-order valence-electron chi connectivity index (χ4n) is 3.05. The van der Waals surface area contributed by atoms with Crippen molar-refractivity contribution < 1.29 is 9.59 Å². The lowest BCUT2D eigenvalue weighted by Crippen LogP contribution is -2.27. The van der Waals surface area contributed by atoms with Crippen molar-refractivity contribution in [1.29, 1.82) is 0 Å². The molecule has 0 aliphatic heterocycles. The molecule has 0 saturated carbocycles. The van der Waals surface area contributed by atoms with Gasteiger partial charge in [0.25, 0.3) is 11.5 Å². The summed E-state index contributed by atoms with van der Waals surface area (Å²) in [5.74, 6) is -0.341. The largest absolute Gasteiger partial charge is 0.365 e. The van der Waals surface area contributed by atoms with Gasteiger partial charge in [-0.2, -0.15) is 0 Å². The number of rotatable bonds is 4. The van der Waals surface area contributed by atoms with Crippen LogP contribution in [0, 0.1) is 5.92 Å². The molecule has 132 valence electrons. The first-order chi connectivity index (χ1) is 11.8. The summed E-state index contributed by atoms with van der Waals surface area (Å²) in [6.45, 7) is 2.04. The normalized spacial score (nSPS) is 16.3. The second-order valence-electron chi connectivity index (χ2n) is 6.28. The molecule has 2 aromatic heterocycles. The molecule has 0 radical (unpaired) electrons. The molecule has 6 nitrogen and oxygen atoms in total. The van der Waals surface area contributed by atoms with Gasteiger partial charge in [-0.15, -0.1) is 11.3 Å². The second kappa shape index (κ2) is 7.13. The minimum absolute atomic E-state index is 0.130. The number of pyridine rings is 1. The predicted molar refractivity (Wildman–Crippen MR) is 101 cm³/mol. The smallest absolute Gasteiger partial charge is 0.251 e. The molecule has 2 aromatic rings. The van der Waals surface area contributed by atoms with Crippen molar-refractivity contribution in [2.45, 2.75) is 32.7 Å². The summed E-state index contributed by atoms with van der Waals surface area (Å²) in [6.07, 6.45) is 4.25. The zero-order chi connectivity index (χ0) is 18.1. The number of nitrogens with two attached hydrogens (primary N) is 1. The lowest BCUT2D eigenvalue weighted by atomic mass is 9.88. The Morgan fingerprint density at radius 3 is 2.92 bits per heavy atom. The number of hydrogen-bond donors (Lipinski definition) is 2. The number of nitrogens with one attached hydrogen (secondary N) is 1. The third kappa shape index (κ3) is 3.85. The molecule has 25 heavy (non-hydrogen) atoms. The molecular formula is C17H18BrN3O3S. The number of amides is 2. The average Bonchev–Trinajstić information content (AvgIpc) is 2.87. The van der Waals surface area contributed by atoms with E-state index < -0.39 is 5.91 Å². The van der Waals surface area contributed by atoms with Gasteiger partial charge in [0.05, 0.1) is 5.56 Å². The molecule has 0 spiro atoms. The summed E-state index contributed by atoms with van der Waals surface area (Å²) in [7, 11) is 0. The molecule has 2 heterocycles. The fourth-order valence-corrected chi connectivity index (χ4v) is 4.86. The standard InChI is InChI=1S/C17H18BrN3O3S/c1-9-2-4-11-12(6-9)25-17(15(11)16(19)24)20-13(22)8-21-7-10(18)3-5-14(21)23/h3,5,7,9H,2,4,6,8H2,1H3,(H2,19,24)(H,20,22). The summed E-state index contributed by atoms with van der Waals surface area (Å²) in [6, 6.07) is 3.01. The summed E-state index contributed by atoms with van der Waals surface area (Å²) in [4.78, 5) is 37.2. The number of carbonyl (C=O) groups excluding carboxylic acids is 2. The van der Waals surface area contributed by atoms with Gasteiger partial charge >= 0.3 is 0 Å². The van der Waals surface area contributed by atoms with E-state index in [1.165, 1.54) is 22.0 Å². The molecule has 1 aliphatic carbocycles. The van der Waals surface area contributed by atoms with Gasteiger partial charge in [-0.25, -0.2) is 0 Å². The van der Waals surface area contributed by atoms with E-state index in [-0.39, 0.29) is 18.0 Å². The lowest BCUT2D eigenvalue weighted by molar-refractivity contribution is -0.116. The van der Waals surface area contributed by atoms with Crippen LogP contribution in [0.15, 0.2) is 27.6 Å². The molecule has 3 N–H and O–H groups in total. The number of aromatic nitrogens is 1. The second-order valence-corrected chi connectivity index (χ2v) is 8.30. The highest BCUT2D eigenvalue weighted by atomic mass is 79.9. The van der Waals surface area contributed by atoms with Gasteiger partial charge in [0, 0.05) is 21.6 Å². The molecule has 1 atom stereocenters. The van der Waals surface area contributed by atoms with Crippen LogP contribution in [0.2, 0.25) is 0 Å². The van der Waals surface area contributed by atoms with E-state index in [0.29, 0.717) is 21.0 Å². The fraction of sp³-hybridized carbons (Fsp3) is 0.353. The summed E-state index contributed by atoms with van der Waals surface area (Å²) < 4.78 is 2.01. The number of nitrogens with zero attached hydrogens (tertiary/aromatic N) is 1. The lowest BCUT2D eigenvalue weighted by Gasteiger charge is -2.18. The van der Waals surface area contributed by atoms with Crippen LogP contribution in [0.1, 0.15) is 34.1 Å². The maximum atomic E-state index is 12.4. The van der Waals surface area contributed by atoms with E-state index >= 15 is 0 Å². The highest BCUT2D eigenvalue weighted by Gasteiger charge is 2.27. The molecule has 0 bridgehead atoms. The number of fused-ring (bicyclic) bond motifs is 1. The number of hydrogen-bond acceptors (Lipinski definition) is 4. The molecule has 0 aromatic carbocycles. The minimum Gasteiger partial charge on any atom is -0.365 e. The maximum Gasteiger partial charge on any atom is 0.251 e. The van der Waals surface area contributed by atoms with Crippen LogP contribution in [0.3, 0.4) is 0 Å². The van der Waals surface area contributed by atoms with Crippen LogP contribution < -0.4 is 16.6 Å². The van der Waals surface area contributed by atoms with E-state index in [1.54, 1.807) is 12.3 Å². The van der Waals surface area contributed by atoms with E-state index in [4.69, 9.17) is 5.73 Å². The molecule has 1 aliphatic rings. The Kier molecular flexibility index (Phi) is 5.10. The third-order valence-electron chi connectivity index (χ3n) is 4.27. The maximum absolute atomic E-state index is 12.4. The van der Waals surface area contributed by atoms with Gasteiger partial charge < -0.3 is 15.6 Å². The van der Waals surface area contributed by atoms with Crippen LogP contribution in [-0.4, -0.2) is 16.4 Å². The number of carbonyl (C=O) groups is 2. The van der Waals surface area contributed by atoms with Crippen LogP contribution in [0.5, 0.6) is 0 Å². The van der Waals surface area contributed by atoms with Crippen LogP contribution in [0.4, 0.5) is 5.00 Å². The monoisotopic (exact) mass is 423 g/mol. The van der Waals surface area contributed by atoms with Crippen molar-refractivity contribution >= 4 is 44.1 Å². The predicted octanol–water partition coefficient (Wildman–Crippen LogP) is 2.53. The van der Waals surface area contributed by atoms with Gasteiger partial charge in [-0.05, 0) is 52.7 Å². The molecule has 3 rings (SSSR count). The summed E-state index contributed by atoms with van der Waals surface area (Å²) in [5, 5.41) is 3.25. The Morgan fingerprint density at radius 1 is 1.44 bits per heavy atom. The zero-order valence-corrected chi connectivity index (χ0v) is 16.1. The minimum atomic E-state index is -0.526. The van der Waals surface area contributed by atoms with E-state index in [2.05, 4.69) is 28.2 Å². The van der Waals surface area contributed by atoms with Crippen molar-refractivity contribution in [3.05, 3.63) is 49.2 Å². The van der Waals surface area contributed by atoms with Gasteiger partial charge in [0.15, 0.2) is 0 Å². The number of thiophene rings is 1. The molecule has 0 saturated heterocycles. The first-order valence-corrected chi connectivity index (χ1v) is 9.56. The van der Waals surface area contributed by atoms with E-state index in [0.717, 1.165) is 29.7 Å². The first-order valence-electron chi connectivity index (χ1n) is 7.95. The van der Waals surface area contributed by atoms with Gasteiger partial charge in [-0.3, -0.25) is 14.4 Å². The van der Waals surface area contributed by atoms with Crippen molar-refractivity contribution in [3.63, 3.8) is 0 Å². The summed E-state index contributed by atoms with van der Waals surface area (Å²) in [5.41, 5.74) is 6.66. The number of halogens is 1. The Labute approximate surface area is 157 Å². The van der Waals surface area contributed by atoms with Crippen molar-refractivity contribution in [3.8, 4) is 0 Å². The Morgan fingerprint density at radius 2 is 2.20 bits per heavy atom. The molecule has 8 heteroatoms. The van der Waals surface area contributed by atoms with Crippen molar-refractivity contribution in [1.82, 2.24) is 4.57 Å². The molecule has 1 unspecified atom stereocenters. The number of anilines is 1. The van der Waals surface area contributed by atoms with Crippen LogP contribution in [-0.2, 0) is 24.2 Å². The molecular weight excluding hydrogens is 406 g/mol. The van der Waals surface area contributed by atoms with Crippen molar-refractivity contribution in [2.24, 2.45) is 11.7 Å². The van der Waals surface area contributed by atoms with E-state index in [1.807, 2.05) is 0 Å². The molecule has 2 amide bonds. The Hall–Kier alpha value is -1.93. The highest BCUT2D eigenvalue weighted by Crippen LogP contribution is 2.39. The topological polar surface area (TPSA) is 94.2 Å². The van der Waals surface area contributed by atoms with Crippen LogP contribution >= 0.6 is 27.3 Å². The quantitative estimate of drug-likeness (QED) is 0.790. The molecule has 0 fully saturated rings. The van der Waals surface area contributed by atoms with E-state index in [9.17, 15) is 14.4 Å². The number of primary amides is 1. The third-order valence-corrected chi connectivity index (χ3v) is 5.91. The van der Waals surface area contributed by atoms with Crippen molar-refractivity contribution in [2.75, 3.05) is 5.32 Å². The van der Waals surface area contributed by atoms with Crippen LogP contribution in [0.25, 0.3) is 0 Å².